The Morgan fingerprint density at radius 3 is 2.37 bits per heavy atom. The number of carbonyl (C=O) groups excluding carboxylic acids is 1. The van der Waals surface area contributed by atoms with Gasteiger partial charge in [0, 0.05) is 4.90 Å². The van der Waals surface area contributed by atoms with Crippen molar-refractivity contribution in [2.75, 3.05) is 4.90 Å². The van der Waals surface area contributed by atoms with E-state index in [1.807, 2.05) is 41.3 Å². The van der Waals surface area contributed by atoms with Crippen LogP contribution in [0.4, 0.5) is 5.69 Å². The van der Waals surface area contributed by atoms with Crippen LogP contribution < -0.4 is 4.90 Å². The van der Waals surface area contributed by atoms with Crippen LogP contribution >= 0.6 is 11.8 Å². The third-order valence-electron chi connectivity index (χ3n) is 4.80. The Bertz CT molecular complexity index is 1020. The lowest BCUT2D eigenvalue weighted by Crippen LogP contribution is -2.33. The van der Waals surface area contributed by atoms with Gasteiger partial charge in [0.1, 0.15) is 0 Å². The number of fused-ring (bicyclic) bond motifs is 1. The molecule has 0 bridgehead atoms. The summed E-state index contributed by atoms with van der Waals surface area (Å²) in [5.74, 6) is 0.0579. The van der Waals surface area contributed by atoms with E-state index in [9.17, 15) is 4.79 Å². The van der Waals surface area contributed by atoms with Gasteiger partial charge in [-0.15, -0.1) is 0 Å². The van der Waals surface area contributed by atoms with Crippen LogP contribution in [-0.4, -0.2) is 5.91 Å². The Balaban J connectivity index is 1.74. The Hall–Kier alpha value is -2.78. The van der Waals surface area contributed by atoms with E-state index < -0.39 is 0 Å². The number of carbonyl (C=O) groups is 1. The van der Waals surface area contributed by atoms with Crippen molar-refractivity contribution in [3.05, 3.63) is 100.0 Å². The summed E-state index contributed by atoms with van der Waals surface area (Å²) in [4.78, 5) is 17.1. The highest BCUT2D eigenvalue weighted by Gasteiger charge is 2.29. The van der Waals surface area contributed by atoms with E-state index in [4.69, 9.17) is 0 Å². The molecule has 1 heterocycles. The molecule has 2 nitrogen and oxygen atoms in total. The second-order valence-electron chi connectivity index (χ2n) is 6.81. The highest BCUT2D eigenvalue weighted by molar-refractivity contribution is 8.04. The molecule has 3 heteroatoms. The maximum Gasteiger partial charge on any atom is 0.265 e. The van der Waals surface area contributed by atoms with Crippen molar-refractivity contribution >= 4 is 29.4 Å². The zero-order valence-corrected chi connectivity index (χ0v) is 16.3. The summed E-state index contributed by atoms with van der Waals surface area (Å²) in [6.45, 7) is 4.74. The molecule has 4 rings (SSSR count). The number of rotatable bonds is 3. The average Bonchev–Trinajstić information content (AvgIpc) is 2.68. The molecule has 0 radical (unpaired) electrons. The molecule has 1 aliphatic heterocycles. The molecular formula is C24H21NOS. The second-order valence-corrected chi connectivity index (χ2v) is 7.89. The third-order valence-corrected chi connectivity index (χ3v) is 5.87. The molecule has 3 aromatic rings. The van der Waals surface area contributed by atoms with Gasteiger partial charge in [0.15, 0.2) is 0 Å². The lowest BCUT2D eigenvalue weighted by atomic mass is 10.1. The van der Waals surface area contributed by atoms with E-state index in [1.54, 1.807) is 11.8 Å². The predicted octanol–water partition coefficient (Wildman–Crippen LogP) is 5.98. The molecule has 0 N–H and O–H groups in total. The lowest BCUT2D eigenvalue weighted by molar-refractivity contribution is -0.114. The van der Waals surface area contributed by atoms with Crippen LogP contribution in [0.3, 0.4) is 0 Å². The number of benzene rings is 3. The van der Waals surface area contributed by atoms with Crippen LogP contribution in [-0.2, 0) is 11.3 Å². The zero-order chi connectivity index (χ0) is 18.8. The van der Waals surface area contributed by atoms with Crippen molar-refractivity contribution in [3.63, 3.8) is 0 Å². The SMILES string of the molecule is Cc1ccc(C=C2Sc3ccccc3N(Cc3ccccc3C)C2=O)cc1. The second kappa shape index (κ2) is 7.45. The molecule has 0 fully saturated rings. The van der Waals surface area contributed by atoms with Gasteiger partial charge in [-0.1, -0.05) is 78.0 Å². The van der Waals surface area contributed by atoms with Gasteiger partial charge in [-0.25, -0.2) is 0 Å². The molecule has 1 amide bonds. The molecule has 0 aliphatic carbocycles. The number of nitrogens with zero attached hydrogens (tertiary/aromatic N) is 1. The monoisotopic (exact) mass is 371 g/mol. The molecule has 0 atom stereocenters. The number of para-hydroxylation sites is 1. The van der Waals surface area contributed by atoms with Gasteiger partial charge >= 0.3 is 0 Å². The van der Waals surface area contributed by atoms with Crippen LogP contribution in [0.5, 0.6) is 0 Å². The van der Waals surface area contributed by atoms with Crippen molar-refractivity contribution < 1.29 is 4.79 Å². The minimum Gasteiger partial charge on any atom is -0.302 e. The molecule has 0 unspecified atom stereocenters. The Kier molecular flexibility index (Phi) is 4.87. The largest absolute Gasteiger partial charge is 0.302 e. The molecule has 3 aromatic carbocycles. The zero-order valence-electron chi connectivity index (χ0n) is 15.5. The number of hydrogen-bond acceptors (Lipinski definition) is 2. The summed E-state index contributed by atoms with van der Waals surface area (Å²) >= 11 is 1.55. The summed E-state index contributed by atoms with van der Waals surface area (Å²) in [6.07, 6.45) is 1.99. The summed E-state index contributed by atoms with van der Waals surface area (Å²) in [5, 5.41) is 0. The molecule has 134 valence electrons. The average molecular weight is 372 g/mol. The van der Waals surface area contributed by atoms with Crippen molar-refractivity contribution in [2.24, 2.45) is 0 Å². The van der Waals surface area contributed by atoms with Crippen LogP contribution in [0.1, 0.15) is 22.3 Å². The Labute approximate surface area is 164 Å². The van der Waals surface area contributed by atoms with Crippen molar-refractivity contribution in [1.29, 1.82) is 0 Å². The third kappa shape index (κ3) is 3.69. The van der Waals surface area contributed by atoms with E-state index in [0.29, 0.717) is 6.54 Å². The highest BCUT2D eigenvalue weighted by atomic mass is 32.2. The number of thioether (sulfide) groups is 1. The smallest absolute Gasteiger partial charge is 0.265 e. The van der Waals surface area contributed by atoms with Gasteiger partial charge in [0.25, 0.3) is 5.91 Å². The first-order valence-corrected chi connectivity index (χ1v) is 9.85. The summed E-state index contributed by atoms with van der Waals surface area (Å²) in [5.41, 5.74) is 5.61. The van der Waals surface area contributed by atoms with Crippen LogP contribution in [0.2, 0.25) is 0 Å². The van der Waals surface area contributed by atoms with E-state index >= 15 is 0 Å². The standard InChI is InChI=1S/C24H21NOS/c1-17-11-13-19(14-12-17)15-23-24(26)25(16-20-8-4-3-7-18(20)2)21-9-5-6-10-22(21)27-23/h3-15H,16H2,1-2H3. The Morgan fingerprint density at radius 2 is 1.59 bits per heavy atom. The summed E-state index contributed by atoms with van der Waals surface area (Å²) in [6, 6.07) is 24.6. The fraction of sp³-hybridized carbons (Fsp3) is 0.125. The highest BCUT2D eigenvalue weighted by Crippen LogP contribution is 2.42. The lowest BCUT2D eigenvalue weighted by Gasteiger charge is -2.31. The fourth-order valence-corrected chi connectivity index (χ4v) is 4.25. The topological polar surface area (TPSA) is 20.3 Å². The minimum absolute atomic E-state index is 0.0579. The van der Waals surface area contributed by atoms with E-state index in [-0.39, 0.29) is 5.91 Å². The molecule has 0 aromatic heterocycles. The molecule has 0 spiro atoms. The number of anilines is 1. The molecule has 0 saturated carbocycles. The maximum absolute atomic E-state index is 13.3. The van der Waals surface area contributed by atoms with Crippen LogP contribution in [0, 0.1) is 13.8 Å². The van der Waals surface area contributed by atoms with E-state index in [0.717, 1.165) is 21.1 Å². The number of hydrogen-bond donors (Lipinski definition) is 0. The predicted molar refractivity (Wildman–Crippen MR) is 114 cm³/mol. The quantitative estimate of drug-likeness (QED) is 0.528. The van der Waals surface area contributed by atoms with Crippen LogP contribution in [0.15, 0.2) is 82.6 Å². The minimum atomic E-state index is 0.0579. The summed E-state index contributed by atoms with van der Waals surface area (Å²) < 4.78 is 0. The van der Waals surface area contributed by atoms with Gasteiger partial charge in [-0.05, 0) is 48.7 Å². The van der Waals surface area contributed by atoms with Gasteiger partial charge in [0.2, 0.25) is 0 Å². The molecule has 27 heavy (non-hydrogen) atoms. The normalized spacial score (nSPS) is 15.1. The van der Waals surface area contributed by atoms with Crippen molar-refractivity contribution in [1.82, 2.24) is 0 Å². The molecule has 0 saturated heterocycles. The first-order chi connectivity index (χ1) is 13.1. The number of amides is 1. The van der Waals surface area contributed by atoms with Crippen molar-refractivity contribution in [3.8, 4) is 0 Å². The molecule has 1 aliphatic rings. The fourth-order valence-electron chi connectivity index (χ4n) is 3.19. The van der Waals surface area contributed by atoms with Gasteiger partial charge in [-0.3, -0.25) is 4.79 Å². The van der Waals surface area contributed by atoms with Crippen LogP contribution in [0.25, 0.3) is 6.08 Å². The van der Waals surface area contributed by atoms with Gasteiger partial charge in [0.05, 0.1) is 17.1 Å². The van der Waals surface area contributed by atoms with Gasteiger partial charge in [-0.2, -0.15) is 0 Å². The maximum atomic E-state index is 13.3. The van der Waals surface area contributed by atoms with Gasteiger partial charge < -0.3 is 4.90 Å². The van der Waals surface area contributed by atoms with E-state index in [1.165, 1.54) is 16.7 Å². The Morgan fingerprint density at radius 1 is 0.889 bits per heavy atom. The summed E-state index contributed by atoms with van der Waals surface area (Å²) in [7, 11) is 0. The first kappa shape index (κ1) is 17.6. The first-order valence-electron chi connectivity index (χ1n) is 9.03. The van der Waals surface area contributed by atoms with E-state index in [2.05, 4.69) is 56.3 Å². The number of aryl methyl sites for hydroxylation is 2. The molecular weight excluding hydrogens is 350 g/mol. The van der Waals surface area contributed by atoms with Crippen molar-refractivity contribution in [2.45, 2.75) is 25.3 Å².